The van der Waals surface area contributed by atoms with Crippen molar-refractivity contribution in [2.75, 3.05) is 11.9 Å². The summed E-state index contributed by atoms with van der Waals surface area (Å²) in [6.07, 6.45) is 6.09. The van der Waals surface area contributed by atoms with Gasteiger partial charge in [0.25, 0.3) is 0 Å². The molecule has 0 amide bonds. The van der Waals surface area contributed by atoms with Gasteiger partial charge in [0, 0.05) is 42.7 Å². The van der Waals surface area contributed by atoms with Gasteiger partial charge in [0.1, 0.15) is 18.0 Å². The fourth-order valence-corrected chi connectivity index (χ4v) is 4.85. The first-order valence-electron chi connectivity index (χ1n) is 10.6. The van der Waals surface area contributed by atoms with Gasteiger partial charge in [0.2, 0.25) is 0 Å². The summed E-state index contributed by atoms with van der Waals surface area (Å²) < 4.78 is 42.4. The van der Waals surface area contributed by atoms with Crippen LogP contribution in [0.4, 0.5) is 10.2 Å². The SMILES string of the molecule is NS(=O)(=O)OCC1CC(Nc2ncncc2C(=O)c2ccn(Cc3ccc(F)c(Br)c3)c2)CC1O. The normalized spacial score (nSPS) is 20.2. The first-order chi connectivity index (χ1) is 16.6. The Balaban J connectivity index is 1.44. The van der Waals surface area contributed by atoms with Crippen molar-refractivity contribution in [2.45, 2.75) is 31.5 Å². The third kappa shape index (κ3) is 6.49. The molecule has 0 saturated heterocycles. The van der Waals surface area contributed by atoms with Gasteiger partial charge < -0.3 is 15.0 Å². The molecule has 1 aromatic carbocycles. The van der Waals surface area contributed by atoms with Crippen molar-refractivity contribution in [3.8, 4) is 0 Å². The number of hydrogen-bond donors (Lipinski definition) is 3. The highest BCUT2D eigenvalue weighted by Crippen LogP contribution is 2.30. The van der Waals surface area contributed by atoms with E-state index in [1.54, 1.807) is 30.6 Å². The molecule has 1 aliphatic carbocycles. The molecule has 4 rings (SSSR count). The van der Waals surface area contributed by atoms with Crippen LogP contribution >= 0.6 is 15.9 Å². The summed E-state index contributed by atoms with van der Waals surface area (Å²) in [6, 6.07) is 6.15. The second-order valence-corrected chi connectivity index (χ2v) is 10.4. The molecular formula is C22H23BrFN5O5S. The number of anilines is 1. The second kappa shape index (κ2) is 10.5. The fraction of sp³-hybridized carbons (Fsp3) is 0.318. The minimum Gasteiger partial charge on any atom is -0.393 e. The highest BCUT2D eigenvalue weighted by Gasteiger charge is 2.34. The van der Waals surface area contributed by atoms with Crippen molar-refractivity contribution >= 4 is 37.8 Å². The predicted octanol–water partition coefficient (Wildman–Crippen LogP) is 2.23. The molecule has 13 heteroatoms. The molecule has 0 aliphatic heterocycles. The summed E-state index contributed by atoms with van der Waals surface area (Å²) in [4.78, 5) is 21.4. The molecule has 1 saturated carbocycles. The van der Waals surface area contributed by atoms with Crippen LogP contribution < -0.4 is 10.5 Å². The lowest BCUT2D eigenvalue weighted by atomic mass is 10.1. The van der Waals surface area contributed by atoms with E-state index in [4.69, 9.17) is 5.14 Å². The molecule has 1 aliphatic rings. The van der Waals surface area contributed by atoms with Gasteiger partial charge in [-0.15, -0.1) is 0 Å². The summed E-state index contributed by atoms with van der Waals surface area (Å²) in [5.41, 5.74) is 1.54. The fourth-order valence-electron chi connectivity index (χ4n) is 4.06. The number of carbonyl (C=O) groups is 1. The third-order valence-electron chi connectivity index (χ3n) is 5.76. The van der Waals surface area contributed by atoms with Crippen LogP contribution in [0.25, 0.3) is 0 Å². The molecule has 1 fully saturated rings. The number of carbonyl (C=O) groups excluding carboxylic acids is 1. The van der Waals surface area contributed by atoms with Gasteiger partial charge >= 0.3 is 10.3 Å². The van der Waals surface area contributed by atoms with E-state index in [0.29, 0.717) is 35.2 Å². The van der Waals surface area contributed by atoms with Crippen LogP contribution in [-0.4, -0.2) is 52.6 Å². The summed E-state index contributed by atoms with van der Waals surface area (Å²) in [6.45, 7) is 0.219. The lowest BCUT2D eigenvalue weighted by Gasteiger charge is -2.15. The molecule has 0 radical (unpaired) electrons. The Bertz CT molecular complexity index is 1340. The van der Waals surface area contributed by atoms with Gasteiger partial charge in [-0.25, -0.2) is 19.5 Å². The van der Waals surface area contributed by atoms with E-state index in [1.165, 1.54) is 18.6 Å². The van der Waals surface area contributed by atoms with E-state index in [-0.39, 0.29) is 29.8 Å². The topological polar surface area (TPSA) is 149 Å². The molecule has 3 unspecified atom stereocenters. The number of aromatic nitrogens is 3. The Kier molecular flexibility index (Phi) is 7.62. The molecule has 2 aromatic heterocycles. The maximum absolute atomic E-state index is 13.5. The lowest BCUT2D eigenvalue weighted by Crippen LogP contribution is -2.24. The van der Waals surface area contributed by atoms with Crippen LogP contribution in [0, 0.1) is 11.7 Å². The van der Waals surface area contributed by atoms with Crippen LogP contribution in [-0.2, 0) is 21.0 Å². The first-order valence-corrected chi connectivity index (χ1v) is 12.9. The minimum absolute atomic E-state index is 0.230. The van der Waals surface area contributed by atoms with E-state index in [1.807, 2.05) is 4.57 Å². The maximum atomic E-state index is 13.5. The Hall–Kier alpha value is -2.71. The molecule has 35 heavy (non-hydrogen) atoms. The zero-order chi connectivity index (χ0) is 25.2. The number of aliphatic hydroxyl groups excluding tert-OH is 1. The average molecular weight is 568 g/mol. The van der Waals surface area contributed by atoms with E-state index < -0.39 is 22.3 Å². The maximum Gasteiger partial charge on any atom is 0.333 e. The molecule has 0 bridgehead atoms. The summed E-state index contributed by atoms with van der Waals surface area (Å²) in [5, 5.41) is 18.3. The largest absolute Gasteiger partial charge is 0.393 e. The van der Waals surface area contributed by atoms with Gasteiger partial charge in [0.05, 0.1) is 22.7 Å². The van der Waals surface area contributed by atoms with E-state index in [9.17, 15) is 22.7 Å². The molecule has 4 N–H and O–H groups in total. The van der Waals surface area contributed by atoms with Gasteiger partial charge in [-0.05, 0) is 52.5 Å². The Morgan fingerprint density at radius 3 is 2.89 bits per heavy atom. The van der Waals surface area contributed by atoms with Crippen LogP contribution in [0.3, 0.4) is 0 Å². The Morgan fingerprint density at radius 1 is 1.34 bits per heavy atom. The number of benzene rings is 1. The second-order valence-electron chi connectivity index (χ2n) is 8.35. The standard InChI is InChI=1S/C22H23BrFN5O5S/c23-18-5-13(1-2-19(18)24)9-29-4-3-14(10-29)21(31)17-8-26-12-27-22(17)28-16-6-15(20(30)7-16)11-34-35(25,32)33/h1-5,8,10,12,15-16,20,30H,6-7,9,11H2,(H2,25,32,33)(H,26,27,28). The Morgan fingerprint density at radius 2 is 2.14 bits per heavy atom. The highest BCUT2D eigenvalue weighted by atomic mass is 79.9. The van der Waals surface area contributed by atoms with Crippen molar-refractivity contribution in [1.82, 2.24) is 14.5 Å². The zero-order valence-electron chi connectivity index (χ0n) is 18.3. The molecule has 186 valence electrons. The number of nitrogens with two attached hydrogens (primary N) is 1. The first kappa shape index (κ1) is 25.4. The summed E-state index contributed by atoms with van der Waals surface area (Å²) >= 11 is 3.17. The van der Waals surface area contributed by atoms with Crippen molar-refractivity contribution in [3.05, 3.63) is 76.2 Å². The molecule has 10 nitrogen and oxygen atoms in total. The number of halogens is 2. The Labute approximate surface area is 209 Å². The van der Waals surface area contributed by atoms with Gasteiger partial charge in [-0.3, -0.25) is 8.98 Å². The monoisotopic (exact) mass is 567 g/mol. The zero-order valence-corrected chi connectivity index (χ0v) is 20.7. The molecule has 2 heterocycles. The van der Waals surface area contributed by atoms with E-state index >= 15 is 0 Å². The molecule has 3 aromatic rings. The number of nitrogens with zero attached hydrogens (tertiary/aromatic N) is 3. The number of hydrogen-bond acceptors (Lipinski definition) is 8. The number of nitrogens with one attached hydrogen (secondary N) is 1. The molecule has 3 atom stereocenters. The number of ketones is 1. The van der Waals surface area contributed by atoms with Crippen LogP contribution in [0.15, 0.2) is 53.7 Å². The number of rotatable bonds is 9. The van der Waals surface area contributed by atoms with E-state index in [2.05, 4.69) is 35.4 Å². The van der Waals surface area contributed by atoms with Gasteiger partial charge in [0.15, 0.2) is 5.78 Å². The van der Waals surface area contributed by atoms with Crippen LogP contribution in [0.5, 0.6) is 0 Å². The van der Waals surface area contributed by atoms with Crippen molar-refractivity contribution in [1.29, 1.82) is 0 Å². The van der Waals surface area contributed by atoms with Crippen molar-refractivity contribution in [2.24, 2.45) is 11.1 Å². The average Bonchev–Trinajstić information content (AvgIpc) is 3.40. The smallest absolute Gasteiger partial charge is 0.333 e. The van der Waals surface area contributed by atoms with Crippen molar-refractivity contribution < 1.29 is 26.9 Å². The molecular weight excluding hydrogens is 545 g/mol. The van der Waals surface area contributed by atoms with Gasteiger partial charge in [-0.1, -0.05) is 6.07 Å². The van der Waals surface area contributed by atoms with Crippen LogP contribution in [0.1, 0.15) is 34.3 Å². The minimum atomic E-state index is -4.10. The van der Waals surface area contributed by atoms with Gasteiger partial charge in [-0.2, -0.15) is 8.42 Å². The van der Waals surface area contributed by atoms with Crippen LogP contribution in [0.2, 0.25) is 0 Å². The summed E-state index contributed by atoms with van der Waals surface area (Å²) in [7, 11) is -4.10. The third-order valence-corrected chi connectivity index (χ3v) is 6.84. The number of aliphatic hydroxyl groups is 1. The van der Waals surface area contributed by atoms with Crippen molar-refractivity contribution in [3.63, 3.8) is 0 Å². The van der Waals surface area contributed by atoms with E-state index in [0.717, 1.165) is 5.56 Å². The lowest BCUT2D eigenvalue weighted by molar-refractivity contribution is 0.101. The summed E-state index contributed by atoms with van der Waals surface area (Å²) in [5.74, 6) is -0.767. The quantitative estimate of drug-likeness (QED) is 0.333. The molecule has 0 spiro atoms. The highest BCUT2D eigenvalue weighted by molar-refractivity contribution is 9.10. The predicted molar refractivity (Wildman–Crippen MR) is 128 cm³/mol.